The Morgan fingerprint density at radius 3 is 2.64 bits per heavy atom. The number of benzene rings is 1. The van der Waals surface area contributed by atoms with Crippen LogP contribution in [0, 0.1) is 11.3 Å². The van der Waals surface area contributed by atoms with Crippen molar-refractivity contribution >= 4 is 5.91 Å². The third kappa shape index (κ3) is 2.26. The summed E-state index contributed by atoms with van der Waals surface area (Å²) in [5.74, 6) is 2.94. The normalized spacial score (nSPS) is 29.8. The fourth-order valence-electron chi connectivity index (χ4n) is 4.29. The van der Waals surface area contributed by atoms with Crippen LogP contribution < -0.4 is 0 Å². The first kappa shape index (κ1) is 15.2. The minimum atomic E-state index is 0.0127. The zero-order chi connectivity index (χ0) is 17.2. The van der Waals surface area contributed by atoms with Gasteiger partial charge in [-0.2, -0.15) is 0 Å². The molecule has 2 aliphatic carbocycles. The van der Waals surface area contributed by atoms with Crippen molar-refractivity contribution in [1.29, 1.82) is 0 Å². The van der Waals surface area contributed by atoms with Crippen molar-refractivity contribution in [1.82, 2.24) is 9.88 Å². The van der Waals surface area contributed by atoms with E-state index < -0.39 is 0 Å². The number of amides is 1. The van der Waals surface area contributed by atoms with Crippen molar-refractivity contribution < 1.29 is 9.21 Å². The summed E-state index contributed by atoms with van der Waals surface area (Å²) in [5, 5.41) is 0. The van der Waals surface area contributed by atoms with Gasteiger partial charge >= 0.3 is 0 Å². The molecule has 1 unspecified atom stereocenters. The van der Waals surface area contributed by atoms with Crippen LogP contribution in [0.25, 0.3) is 11.3 Å². The molecule has 0 spiro atoms. The van der Waals surface area contributed by atoms with E-state index in [0.717, 1.165) is 55.1 Å². The molecule has 0 radical (unpaired) electrons. The van der Waals surface area contributed by atoms with Crippen LogP contribution in [-0.2, 0) is 4.79 Å². The van der Waals surface area contributed by atoms with Gasteiger partial charge in [0.2, 0.25) is 11.8 Å². The Morgan fingerprint density at radius 2 is 2.00 bits per heavy atom. The Morgan fingerprint density at radius 1 is 1.28 bits per heavy atom. The predicted molar refractivity (Wildman–Crippen MR) is 94.9 cm³/mol. The van der Waals surface area contributed by atoms with E-state index in [4.69, 9.17) is 9.40 Å². The third-order valence-corrected chi connectivity index (χ3v) is 6.15. The average molecular weight is 336 g/mol. The molecule has 4 heteroatoms. The summed E-state index contributed by atoms with van der Waals surface area (Å²) < 4.78 is 6.24. The Bertz CT molecular complexity index is 818. The second kappa shape index (κ2) is 5.20. The van der Waals surface area contributed by atoms with Crippen LogP contribution >= 0.6 is 0 Å². The van der Waals surface area contributed by atoms with Gasteiger partial charge in [0.15, 0.2) is 0 Å². The number of hydrogen-bond acceptors (Lipinski definition) is 3. The average Bonchev–Trinajstić information content (AvgIpc) is 3.31. The zero-order valence-corrected chi connectivity index (χ0v) is 14.9. The molecule has 1 aliphatic heterocycles. The molecule has 2 heterocycles. The molecule has 3 fully saturated rings. The lowest BCUT2D eigenvalue weighted by Gasteiger charge is -2.23. The van der Waals surface area contributed by atoms with Crippen LogP contribution in [-0.4, -0.2) is 22.3 Å². The molecule has 25 heavy (non-hydrogen) atoms. The van der Waals surface area contributed by atoms with Gasteiger partial charge in [-0.1, -0.05) is 44.2 Å². The summed E-state index contributed by atoms with van der Waals surface area (Å²) in [7, 11) is 0. The van der Waals surface area contributed by atoms with E-state index in [1.54, 1.807) is 0 Å². The lowest BCUT2D eigenvalue weighted by atomic mass is 10.0. The molecule has 1 aromatic carbocycles. The number of rotatable bonds is 4. The quantitative estimate of drug-likeness (QED) is 0.823. The number of hydrogen-bond donors (Lipinski definition) is 0. The Balaban J connectivity index is 1.50. The van der Waals surface area contributed by atoms with Crippen molar-refractivity contribution in [3.8, 4) is 11.3 Å². The minimum absolute atomic E-state index is 0.0127. The summed E-state index contributed by atoms with van der Waals surface area (Å²) in [5.41, 5.74) is 2.04. The van der Waals surface area contributed by atoms with Gasteiger partial charge in [-0.05, 0) is 31.6 Å². The van der Waals surface area contributed by atoms with E-state index in [1.807, 2.05) is 18.2 Å². The molecule has 1 aromatic heterocycles. The molecule has 1 atom stereocenters. The van der Waals surface area contributed by atoms with Crippen LogP contribution in [0.3, 0.4) is 0 Å². The van der Waals surface area contributed by atoms with Gasteiger partial charge in [-0.25, -0.2) is 4.98 Å². The maximum atomic E-state index is 12.9. The SMILES string of the molecule is CC(C)c1oc(C2CCCN2C(=O)C23CC2C3)nc1-c1ccccc1. The van der Waals surface area contributed by atoms with Crippen molar-refractivity contribution in [3.05, 3.63) is 42.0 Å². The highest BCUT2D eigenvalue weighted by atomic mass is 16.4. The first-order chi connectivity index (χ1) is 12.1. The zero-order valence-electron chi connectivity index (χ0n) is 14.9. The maximum absolute atomic E-state index is 12.9. The van der Waals surface area contributed by atoms with E-state index in [9.17, 15) is 4.79 Å². The lowest BCUT2D eigenvalue weighted by molar-refractivity contribution is -0.136. The van der Waals surface area contributed by atoms with Crippen LogP contribution in [0.2, 0.25) is 0 Å². The smallest absolute Gasteiger partial charge is 0.229 e. The van der Waals surface area contributed by atoms with Gasteiger partial charge in [0.1, 0.15) is 17.5 Å². The molecule has 130 valence electrons. The molecule has 0 bridgehead atoms. The summed E-state index contributed by atoms with van der Waals surface area (Å²) >= 11 is 0. The number of likely N-dealkylation sites (tertiary alicyclic amines) is 1. The molecular formula is C21H24N2O2. The minimum Gasteiger partial charge on any atom is -0.442 e. The van der Waals surface area contributed by atoms with E-state index in [1.165, 1.54) is 0 Å². The Labute approximate surface area is 148 Å². The van der Waals surface area contributed by atoms with E-state index in [2.05, 4.69) is 30.9 Å². The van der Waals surface area contributed by atoms with Crippen molar-refractivity contribution in [2.75, 3.05) is 6.54 Å². The van der Waals surface area contributed by atoms with Gasteiger partial charge < -0.3 is 9.32 Å². The molecule has 1 amide bonds. The Kier molecular flexibility index (Phi) is 3.16. The van der Waals surface area contributed by atoms with Gasteiger partial charge in [-0.3, -0.25) is 4.79 Å². The van der Waals surface area contributed by atoms with Gasteiger partial charge in [-0.15, -0.1) is 0 Å². The summed E-state index contributed by atoms with van der Waals surface area (Å²) in [6.07, 6.45) is 4.20. The number of nitrogens with zero attached hydrogens (tertiary/aromatic N) is 2. The van der Waals surface area contributed by atoms with Gasteiger partial charge in [0, 0.05) is 18.0 Å². The molecule has 5 rings (SSSR count). The standard InChI is InChI=1S/C21H24N2O2/c1-13(2)18-17(14-7-4-3-5-8-14)22-19(25-18)16-9-6-10-23(16)20(24)21-11-15(21)12-21/h3-5,7-8,13,15-16H,6,9-12H2,1-2H3. The van der Waals surface area contributed by atoms with Crippen LogP contribution in [0.1, 0.15) is 63.1 Å². The topological polar surface area (TPSA) is 46.3 Å². The van der Waals surface area contributed by atoms with Crippen LogP contribution in [0.15, 0.2) is 34.7 Å². The van der Waals surface area contributed by atoms with Gasteiger partial charge in [0.05, 0.1) is 5.41 Å². The van der Waals surface area contributed by atoms with Crippen LogP contribution in [0.4, 0.5) is 0 Å². The van der Waals surface area contributed by atoms with Crippen molar-refractivity contribution in [2.24, 2.45) is 11.3 Å². The summed E-state index contributed by atoms with van der Waals surface area (Å²) in [6.45, 7) is 5.11. The van der Waals surface area contributed by atoms with Crippen molar-refractivity contribution in [3.63, 3.8) is 0 Å². The molecular weight excluding hydrogens is 312 g/mol. The molecule has 2 saturated carbocycles. The molecule has 0 N–H and O–H groups in total. The molecule has 4 nitrogen and oxygen atoms in total. The number of carbonyl (C=O) groups is 1. The molecule has 2 aromatic rings. The number of fused-ring (bicyclic) bond motifs is 1. The maximum Gasteiger partial charge on any atom is 0.229 e. The third-order valence-electron chi connectivity index (χ3n) is 6.15. The highest BCUT2D eigenvalue weighted by molar-refractivity contribution is 5.90. The molecule has 3 aliphatic rings. The van der Waals surface area contributed by atoms with E-state index >= 15 is 0 Å². The number of oxazole rings is 1. The fourth-order valence-corrected chi connectivity index (χ4v) is 4.29. The first-order valence-corrected chi connectivity index (χ1v) is 9.47. The fraction of sp³-hybridized carbons (Fsp3) is 0.524. The van der Waals surface area contributed by atoms with E-state index in [-0.39, 0.29) is 17.4 Å². The predicted octanol–water partition coefficient (Wildman–Crippen LogP) is 4.54. The highest BCUT2D eigenvalue weighted by Crippen LogP contribution is 2.76. The lowest BCUT2D eigenvalue weighted by Crippen LogP contribution is -2.34. The molecule has 1 saturated heterocycles. The highest BCUT2D eigenvalue weighted by Gasteiger charge is 2.75. The van der Waals surface area contributed by atoms with Crippen LogP contribution in [0.5, 0.6) is 0 Å². The monoisotopic (exact) mass is 336 g/mol. The summed E-state index contributed by atoms with van der Waals surface area (Å²) in [6, 6.07) is 10.2. The van der Waals surface area contributed by atoms with E-state index in [0.29, 0.717) is 11.8 Å². The summed E-state index contributed by atoms with van der Waals surface area (Å²) in [4.78, 5) is 19.8. The van der Waals surface area contributed by atoms with Gasteiger partial charge in [0.25, 0.3) is 0 Å². The largest absolute Gasteiger partial charge is 0.442 e. The number of aromatic nitrogens is 1. The number of carbonyl (C=O) groups excluding carboxylic acids is 1. The van der Waals surface area contributed by atoms with Crippen molar-refractivity contribution in [2.45, 2.75) is 51.5 Å². The second-order valence-electron chi connectivity index (χ2n) is 8.20. The second-order valence-corrected chi connectivity index (χ2v) is 8.20. The first-order valence-electron chi connectivity index (χ1n) is 9.47. The Hall–Kier alpha value is -2.10.